The molecule has 0 spiro atoms. The van der Waals surface area contributed by atoms with Crippen LogP contribution < -0.4 is 5.32 Å². The normalized spacial score (nSPS) is 30.6. The molecule has 4 nitrogen and oxygen atoms in total. The highest BCUT2D eigenvalue weighted by Crippen LogP contribution is 2.39. The Morgan fingerprint density at radius 1 is 1.56 bits per heavy atom. The highest BCUT2D eigenvalue weighted by molar-refractivity contribution is 6.31. The van der Waals surface area contributed by atoms with Crippen LogP contribution in [0.15, 0.2) is 6.20 Å². The maximum atomic E-state index is 10.6. The number of aryl methyl sites for hydroxylation is 1. The minimum Gasteiger partial charge on any atom is -0.384 e. The van der Waals surface area contributed by atoms with Crippen LogP contribution in [0.25, 0.3) is 0 Å². The van der Waals surface area contributed by atoms with E-state index in [4.69, 9.17) is 11.6 Å². The summed E-state index contributed by atoms with van der Waals surface area (Å²) in [6, 6.07) is 0.507. The van der Waals surface area contributed by atoms with E-state index < -0.39 is 5.60 Å². The maximum Gasteiger partial charge on any atom is 0.108 e. The van der Waals surface area contributed by atoms with Crippen molar-refractivity contribution in [3.05, 3.63) is 16.9 Å². The molecule has 0 radical (unpaired) electrons. The van der Waals surface area contributed by atoms with E-state index in [-0.39, 0.29) is 0 Å². The predicted molar refractivity (Wildman–Crippen MR) is 63.4 cm³/mol. The fraction of sp³-hybridized carbons (Fsp3) is 0.727. The van der Waals surface area contributed by atoms with Gasteiger partial charge in [-0.1, -0.05) is 11.6 Å². The van der Waals surface area contributed by atoms with E-state index in [0.29, 0.717) is 11.1 Å². The van der Waals surface area contributed by atoms with Crippen LogP contribution in [0.2, 0.25) is 5.02 Å². The zero-order chi connectivity index (χ0) is 11.8. The highest BCUT2D eigenvalue weighted by Gasteiger charge is 2.38. The molecule has 16 heavy (non-hydrogen) atoms. The number of hydrogen-bond acceptors (Lipinski definition) is 3. The van der Waals surface area contributed by atoms with E-state index in [2.05, 4.69) is 10.4 Å². The van der Waals surface area contributed by atoms with Crippen LogP contribution in [0.3, 0.4) is 0 Å². The van der Waals surface area contributed by atoms with E-state index in [1.165, 1.54) is 0 Å². The van der Waals surface area contributed by atoms with Gasteiger partial charge >= 0.3 is 0 Å². The third-order valence-electron chi connectivity index (χ3n) is 3.56. The standard InChI is InChI=1S/C11H18ClN3O/c1-13-8-3-5-11(16,6-4-8)10-9(12)7-14-15(10)2/h7-8,13,16H,3-6H2,1-2H3. The van der Waals surface area contributed by atoms with Crippen LogP contribution in [-0.2, 0) is 12.6 Å². The molecule has 0 bridgehead atoms. The molecular weight excluding hydrogens is 226 g/mol. The van der Waals surface area contributed by atoms with Crippen molar-refractivity contribution in [3.8, 4) is 0 Å². The summed E-state index contributed by atoms with van der Waals surface area (Å²) in [5.74, 6) is 0. The number of nitrogens with one attached hydrogen (secondary N) is 1. The molecule has 1 saturated carbocycles. The molecule has 0 atom stereocenters. The van der Waals surface area contributed by atoms with E-state index in [1.807, 2.05) is 14.1 Å². The smallest absolute Gasteiger partial charge is 0.108 e. The van der Waals surface area contributed by atoms with Gasteiger partial charge in [0.25, 0.3) is 0 Å². The molecule has 1 heterocycles. The van der Waals surface area contributed by atoms with Crippen molar-refractivity contribution in [1.29, 1.82) is 0 Å². The first-order valence-corrected chi connectivity index (χ1v) is 6.02. The lowest BCUT2D eigenvalue weighted by atomic mass is 9.80. The molecule has 0 unspecified atom stereocenters. The third kappa shape index (κ3) is 1.97. The van der Waals surface area contributed by atoms with Gasteiger partial charge in [0.15, 0.2) is 0 Å². The van der Waals surface area contributed by atoms with Crippen LogP contribution in [0, 0.1) is 0 Å². The van der Waals surface area contributed by atoms with Crippen LogP contribution in [-0.4, -0.2) is 28.0 Å². The summed E-state index contributed by atoms with van der Waals surface area (Å²) in [6.07, 6.45) is 5.00. The molecule has 90 valence electrons. The predicted octanol–water partition coefficient (Wildman–Crippen LogP) is 1.42. The fourth-order valence-electron chi connectivity index (χ4n) is 2.56. The van der Waals surface area contributed by atoms with Gasteiger partial charge in [0.2, 0.25) is 0 Å². The number of hydrogen-bond donors (Lipinski definition) is 2. The van der Waals surface area contributed by atoms with Crippen LogP contribution in [0.1, 0.15) is 31.4 Å². The molecule has 1 fully saturated rings. The summed E-state index contributed by atoms with van der Waals surface area (Å²) in [7, 11) is 3.79. The monoisotopic (exact) mass is 243 g/mol. The van der Waals surface area contributed by atoms with Gasteiger partial charge in [-0.25, -0.2) is 0 Å². The average Bonchev–Trinajstić information content (AvgIpc) is 2.60. The summed E-state index contributed by atoms with van der Waals surface area (Å²) in [5, 5.41) is 18.5. The first-order chi connectivity index (χ1) is 7.57. The molecule has 1 aromatic rings. The maximum absolute atomic E-state index is 10.6. The number of nitrogens with zero attached hydrogens (tertiary/aromatic N) is 2. The Morgan fingerprint density at radius 3 is 2.62 bits per heavy atom. The van der Waals surface area contributed by atoms with Gasteiger partial charge in [0, 0.05) is 13.1 Å². The molecule has 0 saturated heterocycles. The molecule has 1 aromatic heterocycles. The van der Waals surface area contributed by atoms with Gasteiger partial charge in [-0.3, -0.25) is 4.68 Å². The largest absolute Gasteiger partial charge is 0.384 e. The van der Waals surface area contributed by atoms with Gasteiger partial charge in [0.05, 0.1) is 16.9 Å². The zero-order valence-corrected chi connectivity index (χ0v) is 10.5. The van der Waals surface area contributed by atoms with Crippen molar-refractivity contribution in [2.24, 2.45) is 7.05 Å². The molecule has 0 aliphatic heterocycles. The van der Waals surface area contributed by atoms with Gasteiger partial charge in [-0.2, -0.15) is 5.10 Å². The van der Waals surface area contributed by atoms with E-state index in [9.17, 15) is 5.11 Å². The van der Waals surface area contributed by atoms with Crippen molar-refractivity contribution < 1.29 is 5.11 Å². The molecular formula is C11H18ClN3O. The Morgan fingerprint density at radius 2 is 2.19 bits per heavy atom. The molecule has 0 aromatic carbocycles. The van der Waals surface area contributed by atoms with Crippen molar-refractivity contribution in [3.63, 3.8) is 0 Å². The molecule has 2 rings (SSSR count). The van der Waals surface area contributed by atoms with Crippen LogP contribution in [0.4, 0.5) is 0 Å². The van der Waals surface area contributed by atoms with Gasteiger partial charge in [-0.15, -0.1) is 0 Å². The molecule has 1 aliphatic rings. The summed E-state index contributed by atoms with van der Waals surface area (Å²) >= 11 is 6.08. The Kier molecular flexibility index (Phi) is 3.24. The average molecular weight is 244 g/mol. The lowest BCUT2D eigenvalue weighted by Gasteiger charge is -2.36. The van der Waals surface area contributed by atoms with Crippen molar-refractivity contribution in [2.75, 3.05) is 7.05 Å². The summed E-state index contributed by atoms with van der Waals surface area (Å²) in [6.45, 7) is 0. The summed E-state index contributed by atoms with van der Waals surface area (Å²) < 4.78 is 1.68. The minimum atomic E-state index is -0.810. The second kappa shape index (κ2) is 4.35. The first kappa shape index (κ1) is 11.9. The van der Waals surface area contributed by atoms with E-state index in [1.54, 1.807) is 10.9 Å². The van der Waals surface area contributed by atoms with Crippen molar-refractivity contribution >= 4 is 11.6 Å². The molecule has 1 aliphatic carbocycles. The Labute approximate surface area is 101 Å². The number of rotatable bonds is 2. The SMILES string of the molecule is CNC1CCC(O)(c2c(Cl)cnn2C)CC1. The number of aliphatic hydroxyl groups is 1. The van der Waals surface area contributed by atoms with Crippen molar-refractivity contribution in [2.45, 2.75) is 37.3 Å². The second-order valence-electron chi connectivity index (χ2n) is 4.56. The number of halogens is 1. The summed E-state index contributed by atoms with van der Waals surface area (Å²) in [4.78, 5) is 0. The minimum absolute atomic E-state index is 0.507. The highest BCUT2D eigenvalue weighted by atomic mass is 35.5. The van der Waals surface area contributed by atoms with Gasteiger partial charge in [-0.05, 0) is 32.7 Å². The summed E-state index contributed by atoms with van der Waals surface area (Å²) in [5.41, 5.74) is -0.0564. The second-order valence-corrected chi connectivity index (χ2v) is 4.97. The van der Waals surface area contributed by atoms with E-state index >= 15 is 0 Å². The lowest BCUT2D eigenvalue weighted by Crippen LogP contribution is -2.39. The Hall–Kier alpha value is -0.580. The zero-order valence-electron chi connectivity index (χ0n) is 9.70. The Balaban J connectivity index is 2.21. The third-order valence-corrected chi connectivity index (χ3v) is 3.83. The lowest BCUT2D eigenvalue weighted by molar-refractivity contribution is -0.0145. The molecule has 0 amide bonds. The van der Waals surface area contributed by atoms with E-state index in [0.717, 1.165) is 31.4 Å². The van der Waals surface area contributed by atoms with Crippen molar-refractivity contribution in [1.82, 2.24) is 15.1 Å². The molecule has 5 heteroatoms. The first-order valence-electron chi connectivity index (χ1n) is 5.64. The van der Waals surface area contributed by atoms with Crippen LogP contribution >= 0.6 is 11.6 Å². The fourth-order valence-corrected chi connectivity index (χ4v) is 2.90. The van der Waals surface area contributed by atoms with Gasteiger partial charge < -0.3 is 10.4 Å². The van der Waals surface area contributed by atoms with Gasteiger partial charge in [0.1, 0.15) is 5.60 Å². The molecule has 2 N–H and O–H groups in total. The topological polar surface area (TPSA) is 50.1 Å². The quantitative estimate of drug-likeness (QED) is 0.826. The van der Waals surface area contributed by atoms with Crippen LogP contribution in [0.5, 0.6) is 0 Å². The Bertz CT molecular complexity index is 350. The number of aromatic nitrogens is 2.